The van der Waals surface area contributed by atoms with Crippen molar-refractivity contribution < 1.29 is 14.3 Å². The van der Waals surface area contributed by atoms with Crippen molar-refractivity contribution in [3.63, 3.8) is 0 Å². The van der Waals surface area contributed by atoms with E-state index in [2.05, 4.69) is 4.98 Å². The van der Waals surface area contributed by atoms with Gasteiger partial charge in [0.15, 0.2) is 0 Å². The van der Waals surface area contributed by atoms with Crippen molar-refractivity contribution >= 4 is 16.9 Å². The van der Waals surface area contributed by atoms with E-state index < -0.39 is 0 Å². The molecule has 0 aliphatic carbocycles. The van der Waals surface area contributed by atoms with E-state index in [1.165, 1.54) is 0 Å². The third-order valence-electron chi connectivity index (χ3n) is 3.11. The summed E-state index contributed by atoms with van der Waals surface area (Å²) >= 11 is 0. The summed E-state index contributed by atoms with van der Waals surface area (Å²) in [5, 5.41) is 0.939. The van der Waals surface area contributed by atoms with Crippen LogP contribution in [0.15, 0.2) is 18.2 Å². The first-order valence-corrected chi connectivity index (χ1v) is 6.20. The lowest BCUT2D eigenvalue weighted by Crippen LogP contribution is -2.10. The third kappa shape index (κ3) is 2.38. The van der Waals surface area contributed by atoms with Gasteiger partial charge in [-0.3, -0.25) is 4.98 Å². The van der Waals surface area contributed by atoms with E-state index in [1.807, 2.05) is 32.0 Å². The Kier molecular flexibility index (Phi) is 3.69. The van der Waals surface area contributed by atoms with Gasteiger partial charge < -0.3 is 9.47 Å². The zero-order valence-corrected chi connectivity index (χ0v) is 11.6. The minimum absolute atomic E-state index is 0.317. The summed E-state index contributed by atoms with van der Waals surface area (Å²) in [6.07, 6.45) is 0. The predicted octanol–water partition coefficient (Wildman–Crippen LogP) is 3.04. The molecule has 0 unspecified atom stereocenters. The van der Waals surface area contributed by atoms with E-state index in [9.17, 15) is 4.79 Å². The number of aromatic nitrogens is 1. The van der Waals surface area contributed by atoms with Crippen molar-refractivity contribution in [2.75, 3.05) is 13.7 Å². The lowest BCUT2D eigenvalue weighted by atomic mass is 10.0. The molecule has 0 atom stereocenters. The molecule has 0 N–H and O–H groups in total. The maximum atomic E-state index is 12.0. The van der Waals surface area contributed by atoms with E-state index in [4.69, 9.17) is 9.47 Å². The van der Waals surface area contributed by atoms with Gasteiger partial charge in [-0.1, -0.05) is 0 Å². The smallest absolute Gasteiger partial charge is 0.340 e. The highest BCUT2D eigenvalue weighted by Gasteiger charge is 2.17. The van der Waals surface area contributed by atoms with Crippen LogP contribution in [0.2, 0.25) is 0 Å². The van der Waals surface area contributed by atoms with Crippen molar-refractivity contribution in [3.8, 4) is 5.75 Å². The summed E-state index contributed by atoms with van der Waals surface area (Å²) in [7, 11) is 1.62. The second-order valence-electron chi connectivity index (χ2n) is 4.30. The van der Waals surface area contributed by atoms with Crippen LogP contribution >= 0.6 is 0 Å². The van der Waals surface area contributed by atoms with Crippen LogP contribution in [0.25, 0.3) is 10.9 Å². The number of fused-ring (bicyclic) bond motifs is 1. The van der Waals surface area contributed by atoms with Gasteiger partial charge in [0.1, 0.15) is 5.75 Å². The first-order chi connectivity index (χ1) is 9.08. The summed E-state index contributed by atoms with van der Waals surface area (Å²) < 4.78 is 10.3. The molecule has 0 saturated carbocycles. The molecular weight excluding hydrogens is 242 g/mol. The fourth-order valence-electron chi connectivity index (χ4n) is 2.19. The van der Waals surface area contributed by atoms with E-state index in [0.717, 1.165) is 22.2 Å². The molecule has 100 valence electrons. The van der Waals surface area contributed by atoms with Crippen LogP contribution in [-0.2, 0) is 4.74 Å². The van der Waals surface area contributed by atoms with Gasteiger partial charge in [0, 0.05) is 11.5 Å². The molecule has 1 aromatic heterocycles. The SMILES string of the molecule is CCOC(=O)c1c(C)nc2cc(OC)ccc2c1C. The maximum Gasteiger partial charge on any atom is 0.340 e. The quantitative estimate of drug-likeness (QED) is 0.795. The van der Waals surface area contributed by atoms with Crippen molar-refractivity contribution in [2.45, 2.75) is 20.8 Å². The number of carbonyl (C=O) groups excluding carboxylic acids is 1. The van der Waals surface area contributed by atoms with Crippen molar-refractivity contribution in [3.05, 3.63) is 35.0 Å². The Bertz CT molecular complexity index is 635. The standard InChI is InChI=1S/C15H17NO3/c1-5-19-15(17)14-9(2)12-7-6-11(18-4)8-13(12)16-10(14)3/h6-8H,5H2,1-4H3. The molecule has 0 aliphatic heterocycles. The van der Waals surface area contributed by atoms with E-state index in [1.54, 1.807) is 14.0 Å². The normalized spacial score (nSPS) is 10.5. The lowest BCUT2D eigenvalue weighted by molar-refractivity contribution is 0.0524. The number of ether oxygens (including phenoxy) is 2. The molecule has 0 aliphatic rings. The Balaban J connectivity index is 2.65. The Labute approximate surface area is 112 Å². The zero-order valence-electron chi connectivity index (χ0n) is 11.6. The molecule has 2 rings (SSSR count). The number of hydrogen-bond acceptors (Lipinski definition) is 4. The second-order valence-corrected chi connectivity index (χ2v) is 4.30. The highest BCUT2D eigenvalue weighted by Crippen LogP contribution is 2.26. The molecular formula is C15H17NO3. The van der Waals surface area contributed by atoms with Gasteiger partial charge in [0.25, 0.3) is 0 Å². The Morgan fingerprint density at radius 3 is 2.68 bits per heavy atom. The highest BCUT2D eigenvalue weighted by molar-refractivity contribution is 5.98. The van der Waals surface area contributed by atoms with Gasteiger partial charge in [-0.15, -0.1) is 0 Å². The highest BCUT2D eigenvalue weighted by atomic mass is 16.5. The molecule has 0 spiro atoms. The van der Waals surface area contributed by atoms with Gasteiger partial charge in [-0.05, 0) is 38.5 Å². The number of aryl methyl sites for hydroxylation is 2. The molecule has 4 heteroatoms. The summed E-state index contributed by atoms with van der Waals surface area (Å²) in [6, 6.07) is 5.64. The van der Waals surface area contributed by atoms with Crippen LogP contribution in [0.3, 0.4) is 0 Å². The number of pyridine rings is 1. The van der Waals surface area contributed by atoms with Gasteiger partial charge >= 0.3 is 5.97 Å². The molecule has 19 heavy (non-hydrogen) atoms. The number of carbonyl (C=O) groups is 1. The van der Waals surface area contributed by atoms with Crippen LogP contribution in [0.1, 0.15) is 28.5 Å². The van der Waals surface area contributed by atoms with Crippen LogP contribution in [0, 0.1) is 13.8 Å². The number of nitrogens with zero attached hydrogens (tertiary/aromatic N) is 1. The van der Waals surface area contributed by atoms with E-state index in [0.29, 0.717) is 17.9 Å². The number of benzene rings is 1. The summed E-state index contributed by atoms with van der Waals surface area (Å²) in [4.78, 5) is 16.4. The molecule has 0 bridgehead atoms. The van der Waals surface area contributed by atoms with Gasteiger partial charge in [0.2, 0.25) is 0 Å². The zero-order chi connectivity index (χ0) is 14.0. The number of esters is 1. The summed E-state index contributed by atoms with van der Waals surface area (Å²) in [5.74, 6) is 0.436. The molecule has 0 amide bonds. The largest absolute Gasteiger partial charge is 0.497 e. The predicted molar refractivity (Wildman–Crippen MR) is 73.7 cm³/mol. The first-order valence-electron chi connectivity index (χ1n) is 6.20. The molecule has 0 radical (unpaired) electrons. The van der Waals surface area contributed by atoms with Crippen molar-refractivity contribution in [2.24, 2.45) is 0 Å². The molecule has 1 aromatic carbocycles. The molecule has 4 nitrogen and oxygen atoms in total. The van der Waals surface area contributed by atoms with Crippen LogP contribution in [0.4, 0.5) is 0 Å². The van der Waals surface area contributed by atoms with Gasteiger partial charge in [0.05, 0.1) is 30.5 Å². The van der Waals surface area contributed by atoms with Crippen LogP contribution in [-0.4, -0.2) is 24.7 Å². The number of methoxy groups -OCH3 is 1. The average molecular weight is 259 g/mol. The van der Waals surface area contributed by atoms with Gasteiger partial charge in [-0.2, -0.15) is 0 Å². The Hall–Kier alpha value is -2.10. The number of rotatable bonds is 3. The lowest BCUT2D eigenvalue weighted by Gasteiger charge is -2.12. The summed E-state index contributed by atoms with van der Waals surface area (Å²) in [5.41, 5.74) is 2.95. The average Bonchev–Trinajstić information content (AvgIpc) is 2.38. The fourth-order valence-corrected chi connectivity index (χ4v) is 2.19. The van der Waals surface area contributed by atoms with E-state index >= 15 is 0 Å². The minimum atomic E-state index is -0.317. The van der Waals surface area contributed by atoms with Crippen molar-refractivity contribution in [1.29, 1.82) is 0 Å². The Morgan fingerprint density at radius 1 is 1.32 bits per heavy atom. The number of hydrogen-bond donors (Lipinski definition) is 0. The maximum absolute atomic E-state index is 12.0. The van der Waals surface area contributed by atoms with Crippen LogP contribution in [0.5, 0.6) is 5.75 Å². The fraction of sp³-hybridized carbons (Fsp3) is 0.333. The molecule has 0 saturated heterocycles. The van der Waals surface area contributed by atoms with Crippen LogP contribution < -0.4 is 4.74 Å². The molecule has 2 aromatic rings. The van der Waals surface area contributed by atoms with Crippen molar-refractivity contribution in [1.82, 2.24) is 4.98 Å². The Morgan fingerprint density at radius 2 is 2.05 bits per heavy atom. The monoisotopic (exact) mass is 259 g/mol. The first kappa shape index (κ1) is 13.3. The molecule has 0 fully saturated rings. The molecule has 1 heterocycles. The second kappa shape index (κ2) is 5.26. The summed E-state index contributed by atoms with van der Waals surface area (Å²) in [6.45, 7) is 5.88. The van der Waals surface area contributed by atoms with E-state index in [-0.39, 0.29) is 5.97 Å². The third-order valence-corrected chi connectivity index (χ3v) is 3.11. The van der Waals surface area contributed by atoms with Gasteiger partial charge in [-0.25, -0.2) is 4.79 Å². The topological polar surface area (TPSA) is 48.4 Å². The minimum Gasteiger partial charge on any atom is -0.497 e.